The molecule has 1 aromatic rings. The molecule has 1 fully saturated rings. The molecule has 1 saturated heterocycles. The number of rotatable bonds is 6. The van der Waals surface area contributed by atoms with Crippen molar-refractivity contribution in [3.8, 4) is 11.5 Å². The highest BCUT2D eigenvalue weighted by atomic mass is 16.5. The fourth-order valence-electron chi connectivity index (χ4n) is 2.45. The summed E-state index contributed by atoms with van der Waals surface area (Å²) in [5.74, 6) is 2.20. The number of likely N-dealkylation sites (tertiary alicyclic amines) is 1. The van der Waals surface area contributed by atoms with Crippen LogP contribution in [0.5, 0.6) is 11.5 Å². The lowest BCUT2D eigenvalue weighted by Crippen LogP contribution is -2.25. The van der Waals surface area contributed by atoms with Gasteiger partial charge in [-0.1, -0.05) is 19.9 Å². The molecular weight excluding hydrogens is 238 g/mol. The predicted molar refractivity (Wildman–Crippen MR) is 78.3 cm³/mol. The van der Waals surface area contributed by atoms with E-state index in [1.165, 1.54) is 31.5 Å². The molecule has 3 nitrogen and oxygen atoms in total. The van der Waals surface area contributed by atoms with Gasteiger partial charge in [0.2, 0.25) is 0 Å². The van der Waals surface area contributed by atoms with Crippen molar-refractivity contribution in [1.82, 2.24) is 4.90 Å². The molecule has 0 aliphatic carbocycles. The first-order valence-electron chi connectivity index (χ1n) is 7.24. The summed E-state index contributed by atoms with van der Waals surface area (Å²) in [5.41, 5.74) is 1.28. The number of nitrogens with zero attached hydrogens (tertiary/aromatic N) is 1. The average Bonchev–Trinajstić information content (AvgIpc) is 2.92. The van der Waals surface area contributed by atoms with Gasteiger partial charge in [-0.25, -0.2) is 0 Å². The molecule has 1 heterocycles. The zero-order chi connectivity index (χ0) is 13.7. The molecule has 0 spiro atoms. The summed E-state index contributed by atoms with van der Waals surface area (Å²) in [6.45, 7) is 8.54. The normalized spacial score (nSPS) is 16.0. The molecule has 1 aromatic carbocycles. The van der Waals surface area contributed by atoms with Gasteiger partial charge in [0.25, 0.3) is 0 Å². The quantitative estimate of drug-likeness (QED) is 0.786. The molecule has 2 rings (SSSR count). The van der Waals surface area contributed by atoms with Crippen molar-refractivity contribution in [1.29, 1.82) is 0 Å². The van der Waals surface area contributed by atoms with Crippen LogP contribution in [0.2, 0.25) is 0 Å². The van der Waals surface area contributed by atoms with Crippen LogP contribution in [0.15, 0.2) is 18.2 Å². The van der Waals surface area contributed by atoms with E-state index in [1.54, 1.807) is 7.11 Å². The Morgan fingerprint density at radius 3 is 2.53 bits per heavy atom. The van der Waals surface area contributed by atoms with Gasteiger partial charge in [0.15, 0.2) is 11.5 Å². The van der Waals surface area contributed by atoms with Crippen molar-refractivity contribution < 1.29 is 9.47 Å². The number of hydrogen-bond donors (Lipinski definition) is 0. The third-order valence-electron chi connectivity index (χ3n) is 3.72. The summed E-state index contributed by atoms with van der Waals surface area (Å²) in [6.07, 6.45) is 2.65. The van der Waals surface area contributed by atoms with Gasteiger partial charge in [0.1, 0.15) is 6.61 Å². The van der Waals surface area contributed by atoms with E-state index < -0.39 is 0 Å². The highest BCUT2D eigenvalue weighted by molar-refractivity contribution is 5.43. The Labute approximate surface area is 116 Å². The fraction of sp³-hybridized carbons (Fsp3) is 0.625. The molecule has 0 amide bonds. The highest BCUT2D eigenvalue weighted by Gasteiger charge is 2.12. The molecule has 3 heteroatoms. The van der Waals surface area contributed by atoms with Crippen LogP contribution in [0.4, 0.5) is 0 Å². The average molecular weight is 263 g/mol. The van der Waals surface area contributed by atoms with E-state index in [4.69, 9.17) is 9.47 Å². The lowest BCUT2D eigenvalue weighted by molar-refractivity contribution is 0.230. The lowest BCUT2D eigenvalue weighted by Gasteiger charge is -2.17. The van der Waals surface area contributed by atoms with Crippen LogP contribution < -0.4 is 9.47 Å². The minimum atomic E-state index is 0.507. The van der Waals surface area contributed by atoms with E-state index in [0.717, 1.165) is 24.7 Å². The Hall–Kier alpha value is -1.22. The third kappa shape index (κ3) is 3.87. The van der Waals surface area contributed by atoms with Crippen LogP contribution in [-0.4, -0.2) is 38.3 Å². The van der Waals surface area contributed by atoms with Crippen LogP contribution in [0, 0.1) is 0 Å². The standard InChI is InChI=1S/C16H25NO2/c1-13(2)14-6-7-15(16(12-14)18-3)19-11-10-17-8-4-5-9-17/h6-7,12-13H,4-5,8-11H2,1-3H3. The first kappa shape index (κ1) is 14.2. The monoisotopic (exact) mass is 263 g/mol. The van der Waals surface area contributed by atoms with Crippen molar-refractivity contribution in [2.45, 2.75) is 32.6 Å². The van der Waals surface area contributed by atoms with E-state index in [-0.39, 0.29) is 0 Å². The second kappa shape index (κ2) is 6.80. The molecular formula is C16H25NO2. The molecule has 0 radical (unpaired) electrons. The van der Waals surface area contributed by atoms with Crippen LogP contribution in [0.25, 0.3) is 0 Å². The molecule has 0 bridgehead atoms. The first-order valence-corrected chi connectivity index (χ1v) is 7.24. The largest absolute Gasteiger partial charge is 0.493 e. The Bertz CT molecular complexity index is 398. The number of ether oxygens (including phenoxy) is 2. The molecule has 1 aliphatic heterocycles. The van der Waals surface area contributed by atoms with Gasteiger partial charge in [-0.2, -0.15) is 0 Å². The van der Waals surface area contributed by atoms with Gasteiger partial charge in [0, 0.05) is 6.54 Å². The second-order valence-electron chi connectivity index (χ2n) is 5.46. The van der Waals surface area contributed by atoms with E-state index in [0.29, 0.717) is 5.92 Å². The van der Waals surface area contributed by atoms with Gasteiger partial charge in [-0.15, -0.1) is 0 Å². The molecule has 0 atom stereocenters. The van der Waals surface area contributed by atoms with Crippen LogP contribution in [0.3, 0.4) is 0 Å². The number of methoxy groups -OCH3 is 1. The summed E-state index contributed by atoms with van der Waals surface area (Å²) in [7, 11) is 1.70. The molecule has 19 heavy (non-hydrogen) atoms. The highest BCUT2D eigenvalue weighted by Crippen LogP contribution is 2.30. The zero-order valence-electron chi connectivity index (χ0n) is 12.3. The van der Waals surface area contributed by atoms with Crippen molar-refractivity contribution in [2.75, 3.05) is 33.4 Å². The molecule has 0 unspecified atom stereocenters. The van der Waals surface area contributed by atoms with Crippen LogP contribution in [0.1, 0.15) is 38.2 Å². The van der Waals surface area contributed by atoms with Gasteiger partial charge in [-0.05, 0) is 49.5 Å². The minimum Gasteiger partial charge on any atom is -0.493 e. The maximum atomic E-state index is 5.86. The van der Waals surface area contributed by atoms with E-state index in [2.05, 4.69) is 30.9 Å². The first-order chi connectivity index (χ1) is 9.20. The van der Waals surface area contributed by atoms with E-state index >= 15 is 0 Å². The summed E-state index contributed by atoms with van der Waals surface area (Å²) in [5, 5.41) is 0. The Morgan fingerprint density at radius 2 is 1.89 bits per heavy atom. The van der Waals surface area contributed by atoms with Crippen LogP contribution >= 0.6 is 0 Å². The van der Waals surface area contributed by atoms with Gasteiger partial charge in [0.05, 0.1) is 7.11 Å². The Balaban J connectivity index is 1.91. The molecule has 0 N–H and O–H groups in total. The van der Waals surface area contributed by atoms with Gasteiger partial charge in [-0.3, -0.25) is 4.90 Å². The molecule has 0 saturated carbocycles. The zero-order valence-corrected chi connectivity index (χ0v) is 12.3. The molecule has 106 valence electrons. The van der Waals surface area contributed by atoms with Gasteiger partial charge < -0.3 is 9.47 Å². The Kier molecular flexibility index (Phi) is 5.08. The van der Waals surface area contributed by atoms with Crippen molar-refractivity contribution in [3.05, 3.63) is 23.8 Å². The molecule has 1 aliphatic rings. The van der Waals surface area contributed by atoms with Crippen molar-refractivity contribution in [2.24, 2.45) is 0 Å². The topological polar surface area (TPSA) is 21.7 Å². The smallest absolute Gasteiger partial charge is 0.161 e. The second-order valence-corrected chi connectivity index (χ2v) is 5.46. The van der Waals surface area contributed by atoms with Crippen LogP contribution in [-0.2, 0) is 0 Å². The lowest BCUT2D eigenvalue weighted by atomic mass is 10.0. The summed E-state index contributed by atoms with van der Waals surface area (Å²) in [4.78, 5) is 2.45. The van der Waals surface area contributed by atoms with E-state index in [1.807, 2.05) is 6.07 Å². The predicted octanol–water partition coefficient (Wildman–Crippen LogP) is 3.29. The fourth-order valence-corrected chi connectivity index (χ4v) is 2.45. The number of benzene rings is 1. The maximum Gasteiger partial charge on any atom is 0.161 e. The number of hydrogen-bond acceptors (Lipinski definition) is 3. The summed E-state index contributed by atoms with van der Waals surface area (Å²) in [6, 6.07) is 6.23. The van der Waals surface area contributed by atoms with Crippen molar-refractivity contribution in [3.63, 3.8) is 0 Å². The maximum absolute atomic E-state index is 5.86. The molecule has 0 aromatic heterocycles. The van der Waals surface area contributed by atoms with E-state index in [9.17, 15) is 0 Å². The minimum absolute atomic E-state index is 0.507. The SMILES string of the molecule is COc1cc(C(C)C)ccc1OCCN1CCCC1. The van der Waals surface area contributed by atoms with Crippen molar-refractivity contribution >= 4 is 0 Å². The summed E-state index contributed by atoms with van der Waals surface area (Å²) < 4.78 is 11.3. The van der Waals surface area contributed by atoms with Gasteiger partial charge >= 0.3 is 0 Å². The Morgan fingerprint density at radius 1 is 1.16 bits per heavy atom. The summed E-state index contributed by atoms with van der Waals surface area (Å²) >= 11 is 0. The third-order valence-corrected chi connectivity index (χ3v) is 3.72.